The zero-order valence-corrected chi connectivity index (χ0v) is 17.9. The fourth-order valence-electron chi connectivity index (χ4n) is 3.24. The molecule has 6 nitrogen and oxygen atoms in total. The molecule has 1 aliphatic rings. The van der Waals surface area contributed by atoms with E-state index in [1.165, 1.54) is 28.6 Å². The number of nitrogens with one attached hydrogen (secondary N) is 1. The minimum atomic E-state index is -3.68. The quantitative estimate of drug-likeness (QED) is 0.739. The molecule has 1 heterocycles. The Morgan fingerprint density at radius 2 is 1.75 bits per heavy atom. The second-order valence-electron chi connectivity index (χ2n) is 7.09. The highest BCUT2D eigenvalue weighted by atomic mass is 35.5. The van der Waals surface area contributed by atoms with E-state index in [0.29, 0.717) is 35.3 Å². The van der Waals surface area contributed by atoms with E-state index in [1.54, 1.807) is 24.3 Å². The SMILES string of the molecule is CC1CCCN(S(=O)(=O)c2ccc(NS(=O)(=O)Cc3ccccc3Cl)cc2)C1. The summed E-state index contributed by atoms with van der Waals surface area (Å²) in [4.78, 5) is 0.163. The van der Waals surface area contributed by atoms with Gasteiger partial charge in [0, 0.05) is 23.8 Å². The third-order valence-electron chi connectivity index (χ3n) is 4.69. The van der Waals surface area contributed by atoms with Crippen LogP contribution in [0.15, 0.2) is 53.4 Å². The zero-order valence-electron chi connectivity index (χ0n) is 15.5. The van der Waals surface area contributed by atoms with E-state index in [2.05, 4.69) is 4.72 Å². The summed E-state index contributed by atoms with van der Waals surface area (Å²) in [6, 6.07) is 12.5. The second kappa shape index (κ2) is 8.41. The maximum Gasteiger partial charge on any atom is 0.243 e. The lowest BCUT2D eigenvalue weighted by Crippen LogP contribution is -2.39. The van der Waals surface area contributed by atoms with Gasteiger partial charge in [0.15, 0.2) is 0 Å². The molecule has 1 atom stereocenters. The van der Waals surface area contributed by atoms with Crippen LogP contribution >= 0.6 is 11.6 Å². The van der Waals surface area contributed by atoms with E-state index in [0.717, 1.165) is 12.8 Å². The molecule has 0 aliphatic carbocycles. The monoisotopic (exact) mass is 442 g/mol. The number of anilines is 1. The summed E-state index contributed by atoms with van der Waals surface area (Å²) in [5.74, 6) is 0.0673. The minimum Gasteiger partial charge on any atom is -0.283 e. The molecule has 152 valence electrons. The number of halogens is 1. The van der Waals surface area contributed by atoms with Crippen molar-refractivity contribution in [1.82, 2.24) is 4.31 Å². The van der Waals surface area contributed by atoms with Crippen LogP contribution < -0.4 is 4.72 Å². The molecular formula is C19H23ClN2O4S2. The Balaban J connectivity index is 1.73. The van der Waals surface area contributed by atoms with Crippen molar-refractivity contribution in [3.8, 4) is 0 Å². The average Bonchev–Trinajstić information content (AvgIpc) is 2.63. The van der Waals surface area contributed by atoms with Gasteiger partial charge in [0.05, 0.1) is 10.6 Å². The third kappa shape index (κ3) is 5.05. The highest BCUT2D eigenvalue weighted by Crippen LogP contribution is 2.25. The number of sulfonamides is 2. The molecule has 0 amide bonds. The summed E-state index contributed by atoms with van der Waals surface area (Å²) in [5, 5.41) is 0.380. The first kappa shape index (κ1) is 21.1. The molecular weight excluding hydrogens is 420 g/mol. The first-order chi connectivity index (χ1) is 13.2. The van der Waals surface area contributed by atoms with Gasteiger partial charge in [-0.3, -0.25) is 4.72 Å². The van der Waals surface area contributed by atoms with Crippen LogP contribution in [0.3, 0.4) is 0 Å². The Labute approximate surface area is 171 Å². The Morgan fingerprint density at radius 1 is 1.07 bits per heavy atom. The van der Waals surface area contributed by atoms with E-state index in [1.807, 2.05) is 6.92 Å². The lowest BCUT2D eigenvalue weighted by atomic mass is 10.0. The summed E-state index contributed by atoms with van der Waals surface area (Å²) in [6.07, 6.45) is 1.87. The van der Waals surface area contributed by atoms with Crippen LogP contribution in [-0.2, 0) is 25.8 Å². The Hall–Kier alpha value is -1.61. The molecule has 9 heteroatoms. The average molecular weight is 443 g/mol. The lowest BCUT2D eigenvalue weighted by Gasteiger charge is -2.30. The summed E-state index contributed by atoms with van der Waals surface area (Å²) < 4.78 is 54.3. The molecule has 1 saturated heterocycles. The number of hydrogen-bond acceptors (Lipinski definition) is 4. The summed E-state index contributed by atoms with van der Waals surface area (Å²) >= 11 is 6.02. The van der Waals surface area contributed by atoms with Crippen LogP contribution in [0.4, 0.5) is 5.69 Å². The molecule has 1 aliphatic heterocycles. The molecule has 1 N–H and O–H groups in total. The van der Waals surface area contributed by atoms with E-state index < -0.39 is 20.0 Å². The maximum atomic E-state index is 12.8. The van der Waals surface area contributed by atoms with Crippen molar-refractivity contribution in [1.29, 1.82) is 0 Å². The summed E-state index contributed by atoms with van der Waals surface area (Å²) in [7, 11) is -7.25. The van der Waals surface area contributed by atoms with E-state index in [4.69, 9.17) is 11.6 Å². The van der Waals surface area contributed by atoms with Gasteiger partial charge in [-0.1, -0.05) is 36.7 Å². The van der Waals surface area contributed by atoms with Gasteiger partial charge < -0.3 is 0 Å². The zero-order chi connectivity index (χ0) is 20.4. The first-order valence-corrected chi connectivity index (χ1v) is 12.5. The number of nitrogens with zero attached hydrogens (tertiary/aromatic N) is 1. The van der Waals surface area contributed by atoms with Crippen molar-refractivity contribution >= 4 is 37.3 Å². The van der Waals surface area contributed by atoms with Crippen LogP contribution in [0.2, 0.25) is 5.02 Å². The van der Waals surface area contributed by atoms with Crippen LogP contribution in [-0.4, -0.2) is 34.2 Å². The molecule has 0 bridgehead atoms. The van der Waals surface area contributed by atoms with Gasteiger partial charge in [0.1, 0.15) is 0 Å². The standard InChI is InChI=1S/C19H23ClN2O4S2/c1-15-5-4-12-22(13-15)28(25,26)18-10-8-17(9-11-18)21-27(23,24)14-16-6-2-3-7-19(16)20/h2-3,6-11,15,21H,4-5,12-14H2,1H3. The van der Waals surface area contributed by atoms with Crippen molar-refractivity contribution in [3.63, 3.8) is 0 Å². The third-order valence-corrected chi connectivity index (χ3v) is 8.17. The van der Waals surface area contributed by atoms with Gasteiger partial charge in [0.2, 0.25) is 20.0 Å². The molecule has 28 heavy (non-hydrogen) atoms. The van der Waals surface area contributed by atoms with Crippen molar-refractivity contribution in [2.45, 2.75) is 30.4 Å². The molecule has 2 aromatic rings. The normalized spacial score (nSPS) is 18.7. The van der Waals surface area contributed by atoms with Gasteiger partial charge in [-0.15, -0.1) is 0 Å². The fourth-order valence-corrected chi connectivity index (χ4v) is 6.35. The lowest BCUT2D eigenvalue weighted by molar-refractivity contribution is 0.281. The largest absolute Gasteiger partial charge is 0.283 e. The molecule has 1 fully saturated rings. The van der Waals surface area contributed by atoms with Gasteiger partial charge in [-0.25, -0.2) is 16.8 Å². The topological polar surface area (TPSA) is 83.6 Å². The Morgan fingerprint density at radius 3 is 2.39 bits per heavy atom. The molecule has 3 rings (SSSR count). The molecule has 1 unspecified atom stereocenters. The fraction of sp³-hybridized carbons (Fsp3) is 0.368. The van der Waals surface area contributed by atoms with Crippen molar-refractivity contribution in [3.05, 3.63) is 59.1 Å². The maximum absolute atomic E-state index is 12.8. The molecule has 0 spiro atoms. The highest BCUT2D eigenvalue weighted by Gasteiger charge is 2.28. The van der Waals surface area contributed by atoms with Crippen molar-refractivity contribution in [2.75, 3.05) is 17.8 Å². The number of hydrogen-bond donors (Lipinski definition) is 1. The smallest absolute Gasteiger partial charge is 0.243 e. The van der Waals surface area contributed by atoms with Gasteiger partial charge in [-0.2, -0.15) is 4.31 Å². The molecule has 0 aromatic heterocycles. The number of piperidine rings is 1. The van der Waals surface area contributed by atoms with E-state index in [-0.39, 0.29) is 10.6 Å². The van der Waals surface area contributed by atoms with Crippen LogP contribution in [0.5, 0.6) is 0 Å². The predicted octanol–water partition coefficient (Wildman–Crippen LogP) is 3.70. The number of benzene rings is 2. The van der Waals surface area contributed by atoms with Gasteiger partial charge >= 0.3 is 0 Å². The first-order valence-electron chi connectivity index (χ1n) is 9.01. The summed E-state index contributed by atoms with van der Waals surface area (Å²) in [5.41, 5.74) is 0.799. The minimum absolute atomic E-state index is 0.163. The Bertz CT molecular complexity index is 1040. The van der Waals surface area contributed by atoms with E-state index in [9.17, 15) is 16.8 Å². The van der Waals surface area contributed by atoms with Crippen molar-refractivity contribution in [2.24, 2.45) is 5.92 Å². The molecule has 0 saturated carbocycles. The molecule has 0 radical (unpaired) electrons. The highest BCUT2D eigenvalue weighted by molar-refractivity contribution is 7.92. The summed E-state index contributed by atoms with van der Waals surface area (Å²) in [6.45, 7) is 3.06. The van der Waals surface area contributed by atoms with Gasteiger partial charge in [-0.05, 0) is 54.7 Å². The second-order valence-corrected chi connectivity index (χ2v) is 11.2. The van der Waals surface area contributed by atoms with Crippen molar-refractivity contribution < 1.29 is 16.8 Å². The predicted molar refractivity (Wildman–Crippen MR) is 111 cm³/mol. The van der Waals surface area contributed by atoms with Gasteiger partial charge in [0.25, 0.3) is 0 Å². The molecule has 2 aromatic carbocycles. The van der Waals surface area contributed by atoms with Crippen LogP contribution in [0, 0.1) is 5.92 Å². The van der Waals surface area contributed by atoms with Crippen LogP contribution in [0.25, 0.3) is 0 Å². The van der Waals surface area contributed by atoms with E-state index >= 15 is 0 Å². The van der Waals surface area contributed by atoms with Crippen LogP contribution in [0.1, 0.15) is 25.3 Å². The Kier molecular flexibility index (Phi) is 6.34. The number of rotatable bonds is 6.